The highest BCUT2D eigenvalue weighted by atomic mass is 19.1. The molecule has 0 saturated carbocycles. The van der Waals surface area contributed by atoms with Crippen LogP contribution in [-0.2, 0) is 0 Å². The number of aromatic hydroxyl groups is 1. The summed E-state index contributed by atoms with van der Waals surface area (Å²) in [4.78, 5) is 7.24. The first-order valence-electron chi connectivity index (χ1n) is 8.66. The lowest BCUT2D eigenvalue weighted by molar-refractivity contribution is 0.475. The summed E-state index contributed by atoms with van der Waals surface area (Å²) in [5.74, 6) is -0.441. The third kappa shape index (κ3) is 3.83. The van der Waals surface area contributed by atoms with E-state index in [1.807, 2.05) is 42.5 Å². The van der Waals surface area contributed by atoms with E-state index >= 15 is 0 Å². The third-order valence-corrected chi connectivity index (χ3v) is 4.36. The summed E-state index contributed by atoms with van der Waals surface area (Å²) in [6.45, 7) is 0. The van der Waals surface area contributed by atoms with Gasteiger partial charge < -0.3 is 10.1 Å². The second-order valence-electron chi connectivity index (χ2n) is 6.31. The average Bonchev–Trinajstić information content (AvgIpc) is 3.16. The van der Waals surface area contributed by atoms with Crippen molar-refractivity contribution >= 4 is 12.2 Å². The van der Waals surface area contributed by atoms with E-state index in [2.05, 4.69) is 9.97 Å². The number of H-pyrrole nitrogens is 1. The highest BCUT2D eigenvalue weighted by molar-refractivity contribution is 5.71. The molecule has 0 aliphatic carbocycles. The summed E-state index contributed by atoms with van der Waals surface area (Å²) in [5.41, 5.74) is 3.80. The predicted molar refractivity (Wildman–Crippen MR) is 106 cm³/mol. The average molecular weight is 374 g/mol. The quantitative estimate of drug-likeness (QED) is 0.467. The van der Waals surface area contributed by atoms with E-state index in [-0.39, 0.29) is 11.3 Å². The number of imidazole rings is 1. The molecule has 0 saturated heterocycles. The van der Waals surface area contributed by atoms with Crippen LogP contribution in [0.15, 0.2) is 72.9 Å². The first-order chi connectivity index (χ1) is 13.6. The monoisotopic (exact) mass is 374 g/mol. The van der Waals surface area contributed by atoms with Crippen molar-refractivity contribution in [1.82, 2.24) is 9.97 Å². The smallest absolute Gasteiger partial charge is 0.135 e. The lowest BCUT2D eigenvalue weighted by Crippen LogP contribution is -1.86. The van der Waals surface area contributed by atoms with Gasteiger partial charge in [0.1, 0.15) is 23.2 Å². The minimum absolute atomic E-state index is 0.238. The van der Waals surface area contributed by atoms with Gasteiger partial charge in [0.15, 0.2) is 0 Å². The molecule has 3 aromatic carbocycles. The number of aromatic nitrogens is 2. The molecule has 0 atom stereocenters. The minimum atomic E-state index is -0.635. The van der Waals surface area contributed by atoms with Gasteiger partial charge in [0.25, 0.3) is 0 Å². The highest BCUT2D eigenvalue weighted by Crippen LogP contribution is 2.24. The molecular weight excluding hydrogens is 358 g/mol. The van der Waals surface area contributed by atoms with Crippen LogP contribution in [0, 0.1) is 11.6 Å². The molecule has 4 rings (SSSR count). The number of nitrogens with zero attached hydrogens (tertiary/aromatic N) is 1. The van der Waals surface area contributed by atoms with E-state index in [1.165, 1.54) is 18.3 Å². The molecule has 0 spiro atoms. The number of nitrogens with one attached hydrogen (secondary N) is 1. The van der Waals surface area contributed by atoms with Gasteiger partial charge in [0.05, 0.1) is 11.9 Å². The van der Waals surface area contributed by atoms with Crippen LogP contribution in [0.5, 0.6) is 5.75 Å². The molecular formula is C23H16F2N2O. The Morgan fingerprint density at radius 1 is 0.821 bits per heavy atom. The number of rotatable bonds is 4. The van der Waals surface area contributed by atoms with Crippen molar-refractivity contribution in [2.24, 2.45) is 0 Å². The van der Waals surface area contributed by atoms with Crippen molar-refractivity contribution < 1.29 is 13.9 Å². The summed E-state index contributed by atoms with van der Waals surface area (Å²) in [6, 6.07) is 18.4. The van der Waals surface area contributed by atoms with Gasteiger partial charge in [-0.3, -0.25) is 0 Å². The zero-order chi connectivity index (χ0) is 19.5. The zero-order valence-corrected chi connectivity index (χ0v) is 14.7. The number of hydrogen-bond donors (Lipinski definition) is 2. The fourth-order valence-electron chi connectivity index (χ4n) is 2.88. The van der Waals surface area contributed by atoms with Crippen LogP contribution in [0.1, 0.15) is 11.4 Å². The molecule has 1 heterocycles. The summed E-state index contributed by atoms with van der Waals surface area (Å²) < 4.78 is 26.9. The van der Waals surface area contributed by atoms with E-state index in [0.717, 1.165) is 22.8 Å². The molecule has 0 aliphatic rings. The van der Waals surface area contributed by atoms with Crippen LogP contribution in [0.4, 0.5) is 8.78 Å². The summed E-state index contributed by atoms with van der Waals surface area (Å²) in [6.07, 6.45) is 5.20. The van der Waals surface area contributed by atoms with Crippen LogP contribution in [0.25, 0.3) is 34.5 Å². The summed E-state index contributed by atoms with van der Waals surface area (Å²) in [7, 11) is 0. The predicted octanol–water partition coefficient (Wildman–Crippen LogP) is 5.90. The molecule has 4 aromatic rings. The first-order valence-corrected chi connectivity index (χ1v) is 8.66. The van der Waals surface area contributed by atoms with Gasteiger partial charge in [-0.15, -0.1) is 0 Å². The van der Waals surface area contributed by atoms with Crippen molar-refractivity contribution in [1.29, 1.82) is 0 Å². The Balaban J connectivity index is 1.50. The lowest BCUT2D eigenvalue weighted by atomic mass is 10.0. The minimum Gasteiger partial charge on any atom is -0.508 e. The molecule has 0 fully saturated rings. The molecule has 0 aliphatic heterocycles. The van der Waals surface area contributed by atoms with Crippen molar-refractivity contribution in [2.75, 3.05) is 0 Å². The van der Waals surface area contributed by atoms with E-state index < -0.39 is 11.6 Å². The van der Waals surface area contributed by atoms with Crippen molar-refractivity contribution in [3.8, 4) is 28.1 Å². The Morgan fingerprint density at radius 3 is 2.18 bits per heavy atom. The molecule has 0 unspecified atom stereocenters. The Kier molecular flexibility index (Phi) is 4.72. The number of phenols is 1. The van der Waals surface area contributed by atoms with E-state index in [1.54, 1.807) is 18.2 Å². The van der Waals surface area contributed by atoms with Crippen LogP contribution in [-0.4, -0.2) is 15.1 Å². The Morgan fingerprint density at radius 2 is 1.50 bits per heavy atom. The maximum atomic E-state index is 13.9. The number of halogens is 2. The molecule has 138 valence electrons. The molecule has 1 aromatic heterocycles. The zero-order valence-electron chi connectivity index (χ0n) is 14.7. The number of hydrogen-bond acceptors (Lipinski definition) is 2. The highest BCUT2D eigenvalue weighted by Gasteiger charge is 2.08. The van der Waals surface area contributed by atoms with Gasteiger partial charge in [-0.05, 0) is 47.0 Å². The van der Waals surface area contributed by atoms with Gasteiger partial charge in [-0.1, -0.05) is 42.5 Å². The van der Waals surface area contributed by atoms with E-state index in [0.29, 0.717) is 11.5 Å². The SMILES string of the molecule is Oc1ccc(-c2ccc(/C=C/c3ncc(-c4ccc(F)cc4F)[nH]3)cc2)cc1. The molecule has 0 bridgehead atoms. The fraction of sp³-hybridized carbons (Fsp3) is 0. The van der Waals surface area contributed by atoms with E-state index in [9.17, 15) is 13.9 Å². The van der Waals surface area contributed by atoms with Gasteiger partial charge in [-0.25, -0.2) is 13.8 Å². The number of benzene rings is 3. The molecule has 0 radical (unpaired) electrons. The Hall–Kier alpha value is -3.73. The second kappa shape index (κ2) is 7.48. The second-order valence-corrected chi connectivity index (χ2v) is 6.31. The van der Waals surface area contributed by atoms with Crippen LogP contribution in [0.2, 0.25) is 0 Å². The Labute approximate surface area is 160 Å². The summed E-state index contributed by atoms with van der Waals surface area (Å²) in [5, 5.41) is 9.37. The molecule has 5 heteroatoms. The largest absolute Gasteiger partial charge is 0.508 e. The fourth-order valence-corrected chi connectivity index (χ4v) is 2.88. The van der Waals surface area contributed by atoms with Gasteiger partial charge in [0.2, 0.25) is 0 Å². The standard InChI is InChI=1S/C23H16F2N2O/c24-18-8-11-20(21(25)13-18)22-14-26-23(27-22)12-3-15-1-4-16(5-2-15)17-6-9-19(28)10-7-17/h1-14,28H,(H,26,27)/b12-3+. The summed E-state index contributed by atoms with van der Waals surface area (Å²) >= 11 is 0. The maximum absolute atomic E-state index is 13.9. The van der Waals surface area contributed by atoms with Crippen molar-refractivity contribution in [2.45, 2.75) is 0 Å². The van der Waals surface area contributed by atoms with Gasteiger partial charge >= 0.3 is 0 Å². The first kappa shape index (κ1) is 17.7. The molecule has 28 heavy (non-hydrogen) atoms. The van der Waals surface area contributed by atoms with Crippen molar-refractivity contribution in [3.63, 3.8) is 0 Å². The van der Waals surface area contributed by atoms with Gasteiger partial charge in [-0.2, -0.15) is 0 Å². The molecule has 3 nitrogen and oxygen atoms in total. The molecule has 0 amide bonds. The van der Waals surface area contributed by atoms with E-state index in [4.69, 9.17) is 0 Å². The third-order valence-electron chi connectivity index (χ3n) is 4.36. The number of aromatic amines is 1. The number of phenolic OH excluding ortho intramolecular Hbond substituents is 1. The maximum Gasteiger partial charge on any atom is 0.135 e. The topological polar surface area (TPSA) is 48.9 Å². The Bertz CT molecular complexity index is 1130. The van der Waals surface area contributed by atoms with Crippen molar-refractivity contribution in [3.05, 3.63) is 95.9 Å². The van der Waals surface area contributed by atoms with Crippen LogP contribution >= 0.6 is 0 Å². The van der Waals surface area contributed by atoms with Crippen LogP contribution in [0.3, 0.4) is 0 Å². The lowest BCUT2D eigenvalue weighted by Gasteiger charge is -2.02. The van der Waals surface area contributed by atoms with Gasteiger partial charge in [0, 0.05) is 11.6 Å². The van der Waals surface area contributed by atoms with Crippen LogP contribution < -0.4 is 0 Å². The molecule has 2 N–H and O–H groups in total. The normalized spacial score (nSPS) is 11.2.